The fourth-order valence-corrected chi connectivity index (χ4v) is 3.26. The zero-order valence-electron chi connectivity index (χ0n) is 19.5. The third-order valence-electron chi connectivity index (χ3n) is 5.00. The lowest BCUT2D eigenvalue weighted by atomic mass is 9.89. The fourth-order valence-electron chi connectivity index (χ4n) is 3.26. The quantitative estimate of drug-likeness (QED) is 0.214. The van der Waals surface area contributed by atoms with E-state index in [-0.39, 0.29) is 5.92 Å². The van der Waals surface area contributed by atoms with E-state index in [1.165, 1.54) is 0 Å². The standard InChI is InChI=1S/C27H32O6/c1-6-23(19-11-15-21(16-12-19)30-26(9-4)32-24(28)7-2)20-13-17-22(18-14-20)31-27(10-5)33-25(29)8-3/h7-8,11-18,23,26-27H,2-3,6,9-10H2,1,4-5H3. The first-order chi connectivity index (χ1) is 15.9. The van der Waals surface area contributed by atoms with Crippen LogP contribution >= 0.6 is 0 Å². The molecular formula is C27H32O6. The number of hydrogen-bond acceptors (Lipinski definition) is 6. The summed E-state index contributed by atoms with van der Waals surface area (Å²) in [7, 11) is 0. The van der Waals surface area contributed by atoms with E-state index >= 15 is 0 Å². The Kier molecular flexibility index (Phi) is 10.2. The fraction of sp³-hybridized carbons (Fsp3) is 0.333. The van der Waals surface area contributed by atoms with Crippen LogP contribution in [0.1, 0.15) is 57.1 Å². The summed E-state index contributed by atoms with van der Waals surface area (Å²) in [5.74, 6) is 0.415. The van der Waals surface area contributed by atoms with Gasteiger partial charge < -0.3 is 18.9 Å². The molecule has 0 bridgehead atoms. The van der Waals surface area contributed by atoms with Gasteiger partial charge in [0.2, 0.25) is 12.6 Å². The number of carbonyl (C=O) groups excluding carboxylic acids is 2. The molecule has 2 rings (SSSR count). The zero-order valence-corrected chi connectivity index (χ0v) is 19.5. The third-order valence-corrected chi connectivity index (χ3v) is 5.00. The normalized spacial score (nSPS) is 13.2. The number of esters is 2. The van der Waals surface area contributed by atoms with E-state index in [2.05, 4.69) is 20.1 Å². The summed E-state index contributed by atoms with van der Waals surface area (Å²) in [5.41, 5.74) is 2.28. The van der Waals surface area contributed by atoms with Crippen molar-refractivity contribution < 1.29 is 28.5 Å². The highest BCUT2D eigenvalue weighted by Crippen LogP contribution is 2.31. The number of rotatable bonds is 13. The number of carbonyl (C=O) groups is 2. The van der Waals surface area contributed by atoms with Gasteiger partial charge in [-0.1, -0.05) is 58.2 Å². The van der Waals surface area contributed by atoms with E-state index in [0.29, 0.717) is 24.3 Å². The molecule has 0 fully saturated rings. The molecule has 6 nitrogen and oxygen atoms in total. The van der Waals surface area contributed by atoms with Crippen molar-refractivity contribution in [3.05, 3.63) is 85.0 Å². The molecule has 0 N–H and O–H groups in total. The molecule has 6 heteroatoms. The molecule has 0 aromatic heterocycles. The minimum Gasteiger partial charge on any atom is -0.455 e. The highest BCUT2D eigenvalue weighted by molar-refractivity contribution is 5.81. The van der Waals surface area contributed by atoms with E-state index in [4.69, 9.17) is 18.9 Å². The molecule has 2 aromatic rings. The Morgan fingerprint density at radius 2 is 1.06 bits per heavy atom. The number of hydrogen-bond donors (Lipinski definition) is 0. The lowest BCUT2D eigenvalue weighted by Crippen LogP contribution is -2.22. The van der Waals surface area contributed by atoms with E-state index in [0.717, 1.165) is 29.7 Å². The summed E-state index contributed by atoms with van der Waals surface area (Å²) >= 11 is 0. The highest BCUT2D eigenvalue weighted by Gasteiger charge is 2.16. The predicted molar refractivity (Wildman–Crippen MR) is 127 cm³/mol. The summed E-state index contributed by atoms with van der Waals surface area (Å²) in [6.45, 7) is 12.7. The van der Waals surface area contributed by atoms with Gasteiger partial charge in [0.15, 0.2) is 0 Å². The first-order valence-corrected chi connectivity index (χ1v) is 11.1. The second-order valence-corrected chi connectivity index (χ2v) is 7.29. The van der Waals surface area contributed by atoms with Crippen LogP contribution in [0.5, 0.6) is 11.5 Å². The van der Waals surface area contributed by atoms with Crippen LogP contribution in [0, 0.1) is 0 Å². The van der Waals surface area contributed by atoms with Crippen molar-refractivity contribution in [1.82, 2.24) is 0 Å². The molecule has 2 aromatic carbocycles. The Labute approximate surface area is 195 Å². The maximum Gasteiger partial charge on any atom is 0.333 e. The van der Waals surface area contributed by atoms with Crippen LogP contribution in [0.25, 0.3) is 0 Å². The van der Waals surface area contributed by atoms with Crippen molar-refractivity contribution in [2.24, 2.45) is 0 Å². The minimum absolute atomic E-state index is 0.189. The van der Waals surface area contributed by atoms with Gasteiger partial charge >= 0.3 is 11.9 Å². The van der Waals surface area contributed by atoms with Crippen LogP contribution in [-0.2, 0) is 19.1 Å². The van der Waals surface area contributed by atoms with Gasteiger partial charge in [0.05, 0.1) is 0 Å². The molecule has 0 saturated heterocycles. The van der Waals surface area contributed by atoms with Crippen molar-refractivity contribution in [3.63, 3.8) is 0 Å². The summed E-state index contributed by atoms with van der Waals surface area (Å²) in [5, 5.41) is 0. The van der Waals surface area contributed by atoms with Crippen molar-refractivity contribution >= 4 is 11.9 Å². The van der Waals surface area contributed by atoms with Gasteiger partial charge in [0.25, 0.3) is 0 Å². The van der Waals surface area contributed by atoms with Crippen molar-refractivity contribution in [2.45, 2.75) is 58.5 Å². The lowest BCUT2D eigenvalue weighted by molar-refractivity contribution is -0.158. The van der Waals surface area contributed by atoms with Gasteiger partial charge in [-0.15, -0.1) is 0 Å². The highest BCUT2D eigenvalue weighted by atomic mass is 16.7. The van der Waals surface area contributed by atoms with Gasteiger partial charge in [-0.3, -0.25) is 0 Å². The summed E-state index contributed by atoms with van der Waals surface area (Å²) < 4.78 is 21.9. The Morgan fingerprint density at radius 1 is 0.697 bits per heavy atom. The van der Waals surface area contributed by atoms with Crippen LogP contribution in [0.3, 0.4) is 0 Å². The summed E-state index contributed by atoms with van der Waals surface area (Å²) in [4.78, 5) is 22.8. The van der Waals surface area contributed by atoms with Gasteiger partial charge in [0.1, 0.15) is 11.5 Å². The molecule has 0 aliphatic carbocycles. The van der Waals surface area contributed by atoms with Crippen molar-refractivity contribution in [1.29, 1.82) is 0 Å². The second kappa shape index (κ2) is 13.1. The zero-order chi connectivity index (χ0) is 24.2. The molecule has 0 heterocycles. The molecule has 33 heavy (non-hydrogen) atoms. The molecule has 176 valence electrons. The topological polar surface area (TPSA) is 71.1 Å². The molecular weight excluding hydrogens is 420 g/mol. The van der Waals surface area contributed by atoms with E-state index in [1.807, 2.05) is 62.4 Å². The smallest absolute Gasteiger partial charge is 0.333 e. The molecule has 0 radical (unpaired) electrons. The maximum atomic E-state index is 11.4. The molecule has 2 atom stereocenters. The second-order valence-electron chi connectivity index (χ2n) is 7.29. The molecule has 0 aliphatic heterocycles. The monoisotopic (exact) mass is 452 g/mol. The third kappa shape index (κ3) is 7.83. The maximum absolute atomic E-state index is 11.4. The van der Waals surface area contributed by atoms with Crippen LogP contribution in [0.15, 0.2) is 73.8 Å². The lowest BCUT2D eigenvalue weighted by Gasteiger charge is -2.20. The molecule has 0 saturated carbocycles. The van der Waals surface area contributed by atoms with Crippen molar-refractivity contribution in [3.8, 4) is 11.5 Å². The van der Waals surface area contributed by atoms with Gasteiger partial charge in [0, 0.05) is 30.9 Å². The van der Waals surface area contributed by atoms with Gasteiger partial charge in [-0.25, -0.2) is 9.59 Å². The summed E-state index contributed by atoms with van der Waals surface area (Å²) in [6, 6.07) is 15.5. The van der Waals surface area contributed by atoms with Crippen molar-refractivity contribution in [2.75, 3.05) is 0 Å². The predicted octanol–water partition coefficient (Wildman–Crippen LogP) is 5.92. The molecule has 0 spiro atoms. The first-order valence-electron chi connectivity index (χ1n) is 11.1. The average Bonchev–Trinajstić information content (AvgIpc) is 2.85. The Hall–Kier alpha value is -3.54. The molecule has 0 aliphatic rings. The largest absolute Gasteiger partial charge is 0.455 e. The Morgan fingerprint density at radius 3 is 1.33 bits per heavy atom. The average molecular weight is 453 g/mol. The van der Waals surface area contributed by atoms with Gasteiger partial charge in [-0.05, 0) is 41.8 Å². The van der Waals surface area contributed by atoms with E-state index < -0.39 is 24.5 Å². The number of ether oxygens (including phenoxy) is 4. The van der Waals surface area contributed by atoms with E-state index in [1.54, 1.807) is 0 Å². The van der Waals surface area contributed by atoms with Crippen LogP contribution in [0.2, 0.25) is 0 Å². The Bertz CT molecular complexity index is 841. The van der Waals surface area contributed by atoms with Crippen LogP contribution < -0.4 is 9.47 Å². The minimum atomic E-state index is -0.659. The summed E-state index contributed by atoms with van der Waals surface area (Å²) in [6.07, 6.45) is 2.88. The van der Waals surface area contributed by atoms with Crippen LogP contribution in [-0.4, -0.2) is 24.5 Å². The van der Waals surface area contributed by atoms with Gasteiger partial charge in [-0.2, -0.15) is 0 Å². The Balaban J connectivity index is 2.07. The van der Waals surface area contributed by atoms with Crippen LogP contribution in [0.4, 0.5) is 0 Å². The molecule has 2 unspecified atom stereocenters. The van der Waals surface area contributed by atoms with E-state index in [9.17, 15) is 9.59 Å². The first kappa shape index (κ1) is 25.7. The number of benzene rings is 2. The molecule has 0 amide bonds. The SMILES string of the molecule is C=CC(=O)OC(CC)Oc1ccc(C(CC)c2ccc(OC(CC)OC(=O)C=C)cc2)cc1.